The number of para-hydroxylation sites is 1. The fraction of sp³-hybridized carbons (Fsp3) is 0.538. The van der Waals surface area contributed by atoms with E-state index in [1.54, 1.807) is 0 Å². The molecule has 0 fully saturated rings. The molecule has 0 amide bonds. The van der Waals surface area contributed by atoms with E-state index in [-0.39, 0.29) is 0 Å². The lowest BCUT2D eigenvalue weighted by Gasteiger charge is -2.29. The summed E-state index contributed by atoms with van der Waals surface area (Å²) in [5, 5.41) is 3.52. The maximum atomic E-state index is 3.52. The highest BCUT2D eigenvalue weighted by atomic mass is 15.1. The second kappa shape index (κ2) is 4.67. The smallest absolute Gasteiger partial charge is 0.0372 e. The van der Waals surface area contributed by atoms with Crippen molar-refractivity contribution in [1.29, 1.82) is 0 Å². The predicted octanol–water partition coefficient (Wildman–Crippen LogP) is 2.22. The fourth-order valence-corrected chi connectivity index (χ4v) is 2.21. The van der Waals surface area contributed by atoms with Gasteiger partial charge in [0.1, 0.15) is 0 Å². The van der Waals surface area contributed by atoms with Crippen LogP contribution in [0.4, 0.5) is 5.69 Å². The fourth-order valence-electron chi connectivity index (χ4n) is 2.21. The van der Waals surface area contributed by atoms with Gasteiger partial charge in [-0.15, -0.1) is 0 Å². The number of nitrogens with zero attached hydrogens (tertiary/aromatic N) is 1. The van der Waals surface area contributed by atoms with Crippen LogP contribution in [-0.4, -0.2) is 31.6 Å². The molecule has 1 N–H and O–H groups in total. The SMILES string of the molecule is CCN(C)CC1CNc2ccccc2C1. The van der Waals surface area contributed by atoms with Gasteiger partial charge in [0.25, 0.3) is 0 Å². The van der Waals surface area contributed by atoms with Gasteiger partial charge in [-0.25, -0.2) is 0 Å². The van der Waals surface area contributed by atoms with Crippen LogP contribution in [0.3, 0.4) is 0 Å². The molecule has 1 unspecified atom stereocenters. The molecule has 1 aromatic rings. The molecule has 2 heteroatoms. The summed E-state index contributed by atoms with van der Waals surface area (Å²) in [4.78, 5) is 2.39. The first-order valence-electron chi connectivity index (χ1n) is 5.80. The van der Waals surface area contributed by atoms with Gasteiger partial charge in [0.2, 0.25) is 0 Å². The molecule has 15 heavy (non-hydrogen) atoms. The highest BCUT2D eigenvalue weighted by molar-refractivity contribution is 5.53. The lowest BCUT2D eigenvalue weighted by atomic mass is 9.93. The van der Waals surface area contributed by atoms with Gasteiger partial charge in [-0.3, -0.25) is 0 Å². The van der Waals surface area contributed by atoms with E-state index >= 15 is 0 Å². The van der Waals surface area contributed by atoms with E-state index in [1.165, 1.54) is 24.2 Å². The quantitative estimate of drug-likeness (QED) is 0.812. The Morgan fingerprint density at radius 1 is 1.40 bits per heavy atom. The van der Waals surface area contributed by atoms with E-state index in [4.69, 9.17) is 0 Å². The summed E-state index contributed by atoms with van der Waals surface area (Å²) in [5.74, 6) is 0.754. The van der Waals surface area contributed by atoms with Crippen molar-refractivity contribution >= 4 is 5.69 Å². The summed E-state index contributed by atoms with van der Waals surface area (Å²) >= 11 is 0. The first-order valence-corrected chi connectivity index (χ1v) is 5.80. The molecular formula is C13H20N2. The number of hydrogen-bond acceptors (Lipinski definition) is 2. The maximum Gasteiger partial charge on any atom is 0.0372 e. The highest BCUT2D eigenvalue weighted by Crippen LogP contribution is 2.24. The standard InChI is InChI=1S/C13H20N2/c1-3-15(2)10-11-8-12-6-4-5-7-13(12)14-9-11/h4-7,11,14H,3,8-10H2,1-2H3. The van der Waals surface area contributed by atoms with Crippen molar-refractivity contribution in [2.24, 2.45) is 5.92 Å². The van der Waals surface area contributed by atoms with Crippen molar-refractivity contribution in [2.75, 3.05) is 32.0 Å². The molecule has 0 saturated carbocycles. The third kappa shape index (κ3) is 2.51. The molecule has 0 bridgehead atoms. The molecule has 1 aliphatic rings. The second-order valence-corrected chi connectivity index (χ2v) is 4.46. The van der Waals surface area contributed by atoms with Crippen LogP contribution >= 0.6 is 0 Å². The zero-order chi connectivity index (χ0) is 10.7. The summed E-state index contributed by atoms with van der Waals surface area (Å²) in [6.45, 7) is 5.65. The minimum atomic E-state index is 0.754. The average molecular weight is 204 g/mol. The van der Waals surface area contributed by atoms with Gasteiger partial charge < -0.3 is 10.2 Å². The largest absolute Gasteiger partial charge is 0.384 e. The summed E-state index contributed by atoms with van der Waals surface area (Å²) in [5.41, 5.74) is 2.80. The van der Waals surface area contributed by atoms with E-state index in [0.717, 1.165) is 19.0 Å². The van der Waals surface area contributed by atoms with Gasteiger partial charge in [0, 0.05) is 18.8 Å². The van der Waals surface area contributed by atoms with Crippen LogP contribution < -0.4 is 5.32 Å². The van der Waals surface area contributed by atoms with Gasteiger partial charge in [-0.2, -0.15) is 0 Å². The number of hydrogen-bond donors (Lipinski definition) is 1. The molecule has 1 aromatic carbocycles. The molecule has 0 spiro atoms. The van der Waals surface area contributed by atoms with Crippen molar-refractivity contribution in [3.63, 3.8) is 0 Å². The zero-order valence-corrected chi connectivity index (χ0v) is 9.66. The molecule has 1 heterocycles. The lowest BCUT2D eigenvalue weighted by molar-refractivity contribution is 0.291. The highest BCUT2D eigenvalue weighted by Gasteiger charge is 2.18. The first-order chi connectivity index (χ1) is 7.29. The van der Waals surface area contributed by atoms with Gasteiger partial charge in [0.05, 0.1) is 0 Å². The number of fused-ring (bicyclic) bond motifs is 1. The van der Waals surface area contributed by atoms with E-state index in [1.807, 2.05) is 0 Å². The Bertz CT molecular complexity index is 322. The van der Waals surface area contributed by atoms with Crippen molar-refractivity contribution in [2.45, 2.75) is 13.3 Å². The number of rotatable bonds is 3. The minimum absolute atomic E-state index is 0.754. The van der Waals surface area contributed by atoms with Gasteiger partial charge in [-0.1, -0.05) is 25.1 Å². The van der Waals surface area contributed by atoms with Gasteiger partial charge in [-0.05, 0) is 37.6 Å². The van der Waals surface area contributed by atoms with Crippen molar-refractivity contribution in [3.8, 4) is 0 Å². The number of benzene rings is 1. The maximum absolute atomic E-state index is 3.52. The number of nitrogens with one attached hydrogen (secondary N) is 1. The van der Waals surface area contributed by atoms with Gasteiger partial charge in [0.15, 0.2) is 0 Å². The van der Waals surface area contributed by atoms with E-state index < -0.39 is 0 Å². The number of anilines is 1. The van der Waals surface area contributed by atoms with Crippen LogP contribution in [0.5, 0.6) is 0 Å². The van der Waals surface area contributed by atoms with Crippen LogP contribution in [0.2, 0.25) is 0 Å². The van der Waals surface area contributed by atoms with Crippen LogP contribution in [0.15, 0.2) is 24.3 Å². The van der Waals surface area contributed by atoms with Crippen LogP contribution in [0.1, 0.15) is 12.5 Å². The molecule has 1 atom stereocenters. The molecule has 82 valence electrons. The third-order valence-corrected chi connectivity index (χ3v) is 3.22. The van der Waals surface area contributed by atoms with Crippen LogP contribution in [0, 0.1) is 5.92 Å². The van der Waals surface area contributed by atoms with Crippen LogP contribution in [-0.2, 0) is 6.42 Å². The summed E-state index contributed by atoms with van der Waals surface area (Å²) in [6, 6.07) is 8.65. The Hall–Kier alpha value is -1.02. The Balaban J connectivity index is 1.99. The zero-order valence-electron chi connectivity index (χ0n) is 9.66. The normalized spacial score (nSPS) is 19.8. The molecule has 2 nitrogen and oxygen atoms in total. The molecule has 1 aliphatic heterocycles. The Morgan fingerprint density at radius 3 is 3.00 bits per heavy atom. The first kappa shape index (κ1) is 10.5. The molecule has 0 aliphatic carbocycles. The predicted molar refractivity (Wildman–Crippen MR) is 65.3 cm³/mol. The third-order valence-electron chi connectivity index (χ3n) is 3.22. The minimum Gasteiger partial charge on any atom is -0.384 e. The molecular weight excluding hydrogens is 184 g/mol. The van der Waals surface area contributed by atoms with E-state index in [9.17, 15) is 0 Å². The average Bonchev–Trinajstić information content (AvgIpc) is 2.29. The monoisotopic (exact) mass is 204 g/mol. The van der Waals surface area contributed by atoms with E-state index in [0.29, 0.717) is 0 Å². The molecule has 0 saturated heterocycles. The Kier molecular flexibility index (Phi) is 3.27. The topological polar surface area (TPSA) is 15.3 Å². The Morgan fingerprint density at radius 2 is 2.20 bits per heavy atom. The van der Waals surface area contributed by atoms with Crippen molar-refractivity contribution in [3.05, 3.63) is 29.8 Å². The van der Waals surface area contributed by atoms with Gasteiger partial charge >= 0.3 is 0 Å². The summed E-state index contributed by atoms with van der Waals surface area (Å²) < 4.78 is 0. The van der Waals surface area contributed by atoms with Crippen molar-refractivity contribution < 1.29 is 0 Å². The van der Waals surface area contributed by atoms with Crippen LogP contribution in [0.25, 0.3) is 0 Å². The van der Waals surface area contributed by atoms with E-state index in [2.05, 4.69) is 48.5 Å². The second-order valence-electron chi connectivity index (χ2n) is 4.46. The summed E-state index contributed by atoms with van der Waals surface area (Å²) in [7, 11) is 2.19. The molecule has 0 radical (unpaired) electrons. The lowest BCUT2D eigenvalue weighted by Crippen LogP contribution is -2.33. The molecule has 0 aromatic heterocycles. The molecule has 2 rings (SSSR count). The van der Waals surface area contributed by atoms with Crippen molar-refractivity contribution in [1.82, 2.24) is 4.90 Å². The summed E-state index contributed by atoms with van der Waals surface area (Å²) in [6.07, 6.45) is 1.22. The Labute approximate surface area is 92.3 Å².